The van der Waals surface area contributed by atoms with Crippen molar-refractivity contribution in [2.24, 2.45) is 11.8 Å². The molecular formula is C23H30F2. The van der Waals surface area contributed by atoms with Crippen LogP contribution in [0.25, 0.3) is 0 Å². The molecule has 25 heavy (non-hydrogen) atoms. The monoisotopic (exact) mass is 344 g/mol. The van der Waals surface area contributed by atoms with E-state index in [1.54, 1.807) is 12.1 Å². The maximum atomic E-state index is 13.9. The van der Waals surface area contributed by atoms with Crippen molar-refractivity contribution in [3.05, 3.63) is 59.7 Å². The molecule has 0 aliphatic heterocycles. The molecule has 2 heteroatoms. The van der Waals surface area contributed by atoms with Crippen molar-refractivity contribution < 1.29 is 8.78 Å². The molecule has 0 bridgehead atoms. The van der Waals surface area contributed by atoms with E-state index >= 15 is 0 Å². The Kier molecular flexibility index (Phi) is 6.09. The van der Waals surface area contributed by atoms with Crippen molar-refractivity contribution >= 4 is 0 Å². The number of benzene rings is 1. The van der Waals surface area contributed by atoms with E-state index < -0.39 is 11.6 Å². The largest absolute Gasteiger partial charge is 0.207 e. The van der Waals surface area contributed by atoms with Crippen LogP contribution in [0.4, 0.5) is 8.78 Å². The van der Waals surface area contributed by atoms with Gasteiger partial charge < -0.3 is 0 Å². The molecule has 1 aromatic carbocycles. The van der Waals surface area contributed by atoms with Crippen LogP contribution in [-0.4, -0.2) is 0 Å². The predicted molar refractivity (Wildman–Crippen MR) is 101 cm³/mol. The third-order valence-electron chi connectivity index (χ3n) is 6.29. The molecule has 1 fully saturated rings. The molecule has 0 N–H and O–H groups in total. The summed E-state index contributed by atoms with van der Waals surface area (Å²) in [5, 5.41) is 0. The number of allylic oxidation sites excluding steroid dienone is 4. The van der Waals surface area contributed by atoms with Gasteiger partial charge in [0.15, 0.2) is 0 Å². The Balaban J connectivity index is 1.76. The van der Waals surface area contributed by atoms with Gasteiger partial charge in [0.1, 0.15) is 11.6 Å². The Hall–Kier alpha value is -1.44. The number of hydrogen-bond acceptors (Lipinski definition) is 0. The second-order valence-corrected chi connectivity index (χ2v) is 7.90. The van der Waals surface area contributed by atoms with Gasteiger partial charge in [0.25, 0.3) is 0 Å². The van der Waals surface area contributed by atoms with Gasteiger partial charge in [-0.2, -0.15) is 0 Å². The maximum Gasteiger partial charge on any atom is 0.126 e. The molecule has 0 amide bonds. The van der Waals surface area contributed by atoms with E-state index in [4.69, 9.17) is 0 Å². The molecular weight excluding hydrogens is 314 g/mol. The van der Waals surface area contributed by atoms with Crippen molar-refractivity contribution in [3.63, 3.8) is 0 Å². The summed E-state index contributed by atoms with van der Waals surface area (Å²) in [7, 11) is 0. The fourth-order valence-electron chi connectivity index (χ4n) is 4.86. The molecule has 0 spiro atoms. The lowest BCUT2D eigenvalue weighted by Gasteiger charge is -2.43. The lowest BCUT2D eigenvalue weighted by atomic mass is 9.61. The Morgan fingerprint density at radius 1 is 0.960 bits per heavy atom. The number of hydrogen-bond donors (Lipinski definition) is 0. The first-order valence-electron chi connectivity index (χ1n) is 9.95. The van der Waals surface area contributed by atoms with Crippen molar-refractivity contribution in [1.82, 2.24) is 0 Å². The fourth-order valence-corrected chi connectivity index (χ4v) is 4.86. The molecule has 0 nitrogen and oxygen atoms in total. The van der Waals surface area contributed by atoms with E-state index in [1.807, 2.05) is 6.08 Å². The minimum atomic E-state index is -0.467. The standard InChI is InChI=1S/C23H30F2/c1-2-3-5-8-18-9-11-19(12-10-18)23(13-6-4-7-14-23)20-15-21(24)17-22(25)16-20/h4,6-7,13,15-19H,2-3,5,8-12,14H2,1H3/t18-,19-,23?. The van der Waals surface area contributed by atoms with E-state index in [2.05, 4.69) is 25.2 Å². The van der Waals surface area contributed by atoms with Crippen molar-refractivity contribution in [1.29, 1.82) is 0 Å². The predicted octanol–water partition coefficient (Wildman–Crippen LogP) is 7.11. The highest BCUT2D eigenvalue weighted by atomic mass is 19.1. The SMILES string of the molecule is CCCCC[C@H]1CC[C@H](C2(c3cc(F)cc(F)c3)C=CC=CC2)CC1. The first kappa shape index (κ1) is 18.4. The van der Waals surface area contributed by atoms with Gasteiger partial charge in [-0.1, -0.05) is 69.8 Å². The number of halogens is 2. The average molecular weight is 344 g/mol. The van der Waals surface area contributed by atoms with Crippen molar-refractivity contribution in [2.75, 3.05) is 0 Å². The molecule has 2 aliphatic carbocycles. The first-order valence-corrected chi connectivity index (χ1v) is 9.95. The third-order valence-corrected chi connectivity index (χ3v) is 6.29. The maximum absolute atomic E-state index is 13.9. The quantitative estimate of drug-likeness (QED) is 0.483. The topological polar surface area (TPSA) is 0 Å². The molecule has 0 aromatic heterocycles. The highest BCUT2D eigenvalue weighted by molar-refractivity contribution is 5.37. The number of rotatable bonds is 6. The summed E-state index contributed by atoms with van der Waals surface area (Å²) in [6, 6.07) is 4.06. The summed E-state index contributed by atoms with van der Waals surface area (Å²) in [6.07, 6.45) is 19.4. The molecule has 0 saturated heterocycles. The Morgan fingerprint density at radius 2 is 1.68 bits per heavy atom. The molecule has 2 aliphatic rings. The van der Waals surface area contributed by atoms with Crippen LogP contribution in [0.2, 0.25) is 0 Å². The van der Waals surface area contributed by atoms with E-state index in [-0.39, 0.29) is 5.41 Å². The molecule has 136 valence electrons. The zero-order chi connectivity index (χ0) is 17.7. The van der Waals surface area contributed by atoms with Gasteiger partial charge >= 0.3 is 0 Å². The van der Waals surface area contributed by atoms with E-state index in [0.717, 1.165) is 36.8 Å². The zero-order valence-electron chi connectivity index (χ0n) is 15.3. The molecule has 0 radical (unpaired) electrons. The second-order valence-electron chi connectivity index (χ2n) is 7.90. The first-order chi connectivity index (χ1) is 12.1. The van der Waals surface area contributed by atoms with Crippen LogP contribution < -0.4 is 0 Å². The van der Waals surface area contributed by atoms with E-state index in [0.29, 0.717) is 5.92 Å². The van der Waals surface area contributed by atoms with Gasteiger partial charge in [0, 0.05) is 11.5 Å². The smallest absolute Gasteiger partial charge is 0.126 e. The molecule has 3 rings (SSSR count). The average Bonchev–Trinajstić information content (AvgIpc) is 2.62. The lowest BCUT2D eigenvalue weighted by Crippen LogP contribution is -2.36. The lowest BCUT2D eigenvalue weighted by molar-refractivity contribution is 0.192. The summed E-state index contributed by atoms with van der Waals surface area (Å²) >= 11 is 0. The summed E-state index contributed by atoms with van der Waals surface area (Å²) in [6.45, 7) is 2.25. The summed E-state index contributed by atoms with van der Waals surface area (Å²) in [5.74, 6) is 0.376. The Morgan fingerprint density at radius 3 is 2.28 bits per heavy atom. The summed E-state index contributed by atoms with van der Waals surface area (Å²) in [4.78, 5) is 0. The van der Waals surface area contributed by atoms with Gasteiger partial charge in [0.2, 0.25) is 0 Å². The van der Waals surface area contributed by atoms with Crippen LogP contribution >= 0.6 is 0 Å². The van der Waals surface area contributed by atoms with Crippen LogP contribution in [0.3, 0.4) is 0 Å². The summed E-state index contributed by atoms with van der Waals surface area (Å²) in [5.41, 5.74) is 0.562. The zero-order valence-corrected chi connectivity index (χ0v) is 15.3. The normalized spacial score (nSPS) is 29.1. The highest BCUT2D eigenvalue weighted by Crippen LogP contribution is 2.48. The molecule has 1 unspecified atom stereocenters. The van der Waals surface area contributed by atoms with Gasteiger partial charge in [-0.15, -0.1) is 0 Å². The van der Waals surface area contributed by atoms with Gasteiger partial charge in [-0.3, -0.25) is 0 Å². The summed E-state index contributed by atoms with van der Waals surface area (Å²) < 4.78 is 27.7. The Bertz CT molecular complexity index is 603. The molecule has 1 atom stereocenters. The third kappa shape index (κ3) is 4.22. The van der Waals surface area contributed by atoms with Crippen LogP contribution in [0.1, 0.15) is 70.3 Å². The van der Waals surface area contributed by atoms with Crippen LogP contribution in [0.5, 0.6) is 0 Å². The van der Waals surface area contributed by atoms with Crippen molar-refractivity contribution in [3.8, 4) is 0 Å². The molecule has 1 aromatic rings. The Labute approximate surface area is 151 Å². The minimum Gasteiger partial charge on any atom is -0.207 e. The van der Waals surface area contributed by atoms with E-state index in [9.17, 15) is 8.78 Å². The number of unbranched alkanes of at least 4 members (excludes halogenated alkanes) is 2. The second kappa shape index (κ2) is 8.29. The minimum absolute atomic E-state index is 0.244. The van der Waals surface area contributed by atoms with Crippen LogP contribution in [-0.2, 0) is 5.41 Å². The molecule has 0 heterocycles. The fraction of sp³-hybridized carbons (Fsp3) is 0.565. The van der Waals surface area contributed by atoms with Gasteiger partial charge in [0.05, 0.1) is 0 Å². The van der Waals surface area contributed by atoms with E-state index in [1.165, 1.54) is 38.5 Å². The van der Waals surface area contributed by atoms with Gasteiger partial charge in [-0.05, 0) is 48.8 Å². The highest BCUT2D eigenvalue weighted by Gasteiger charge is 2.40. The van der Waals surface area contributed by atoms with Gasteiger partial charge in [-0.25, -0.2) is 8.78 Å². The van der Waals surface area contributed by atoms with Crippen LogP contribution in [0.15, 0.2) is 42.5 Å². The molecule has 1 saturated carbocycles. The van der Waals surface area contributed by atoms with Crippen LogP contribution in [0, 0.1) is 23.5 Å². The van der Waals surface area contributed by atoms with Crippen molar-refractivity contribution in [2.45, 2.75) is 70.1 Å².